The van der Waals surface area contributed by atoms with Crippen LogP contribution >= 0.6 is 11.6 Å². The zero-order valence-electron chi connectivity index (χ0n) is 9.22. The minimum absolute atomic E-state index is 0.533. The standard InChI is InChI=1S/C13H18ClN/c1-2-3-9-15-13-8-7-10-11(13)5-4-6-12(10)14/h4-6,13,15H,2-3,7-9H2,1H3. The lowest BCUT2D eigenvalue weighted by molar-refractivity contribution is 0.518. The number of nitrogens with one attached hydrogen (secondary N) is 1. The number of rotatable bonds is 4. The summed E-state index contributed by atoms with van der Waals surface area (Å²) in [7, 11) is 0. The second-order valence-electron chi connectivity index (χ2n) is 4.21. The molecular weight excluding hydrogens is 206 g/mol. The van der Waals surface area contributed by atoms with Crippen molar-refractivity contribution in [1.29, 1.82) is 0 Å². The number of unbranched alkanes of at least 4 members (excludes halogenated alkanes) is 1. The summed E-state index contributed by atoms with van der Waals surface area (Å²) in [6, 6.07) is 6.79. The summed E-state index contributed by atoms with van der Waals surface area (Å²) < 4.78 is 0. The third-order valence-corrected chi connectivity index (χ3v) is 3.49. The molecule has 0 amide bonds. The van der Waals surface area contributed by atoms with Crippen LogP contribution < -0.4 is 5.32 Å². The average Bonchev–Trinajstić information content (AvgIpc) is 2.64. The van der Waals surface area contributed by atoms with Crippen LogP contribution in [-0.4, -0.2) is 6.54 Å². The van der Waals surface area contributed by atoms with Crippen molar-refractivity contribution in [1.82, 2.24) is 5.32 Å². The predicted molar refractivity (Wildman–Crippen MR) is 65.4 cm³/mol. The van der Waals surface area contributed by atoms with Gasteiger partial charge in [0.1, 0.15) is 0 Å². The van der Waals surface area contributed by atoms with Gasteiger partial charge >= 0.3 is 0 Å². The highest BCUT2D eigenvalue weighted by Crippen LogP contribution is 2.35. The van der Waals surface area contributed by atoms with Crippen molar-refractivity contribution in [3.63, 3.8) is 0 Å². The van der Waals surface area contributed by atoms with Gasteiger partial charge in [0.05, 0.1) is 0 Å². The molecule has 1 aromatic rings. The average molecular weight is 224 g/mol. The molecule has 1 aliphatic rings. The van der Waals surface area contributed by atoms with E-state index in [1.54, 1.807) is 0 Å². The minimum atomic E-state index is 0.533. The van der Waals surface area contributed by atoms with Crippen molar-refractivity contribution < 1.29 is 0 Å². The third kappa shape index (κ3) is 2.35. The zero-order chi connectivity index (χ0) is 10.7. The van der Waals surface area contributed by atoms with E-state index in [0.717, 1.165) is 18.0 Å². The van der Waals surface area contributed by atoms with E-state index in [9.17, 15) is 0 Å². The van der Waals surface area contributed by atoms with Crippen LogP contribution in [0.2, 0.25) is 5.02 Å². The molecule has 0 saturated carbocycles. The fourth-order valence-electron chi connectivity index (χ4n) is 2.27. The molecular formula is C13H18ClN. The molecule has 1 atom stereocenters. The molecule has 0 bridgehead atoms. The largest absolute Gasteiger partial charge is 0.310 e. The zero-order valence-corrected chi connectivity index (χ0v) is 9.98. The van der Waals surface area contributed by atoms with Crippen LogP contribution in [0.15, 0.2) is 18.2 Å². The number of fused-ring (bicyclic) bond motifs is 1. The molecule has 1 aromatic carbocycles. The van der Waals surface area contributed by atoms with Crippen molar-refractivity contribution in [2.75, 3.05) is 6.54 Å². The lowest BCUT2D eigenvalue weighted by Crippen LogP contribution is -2.20. The van der Waals surface area contributed by atoms with Crippen LogP contribution in [0, 0.1) is 0 Å². The molecule has 0 aromatic heterocycles. The SMILES string of the molecule is CCCCNC1CCc2c(Cl)cccc21. The Morgan fingerprint density at radius 3 is 3.13 bits per heavy atom. The van der Waals surface area contributed by atoms with E-state index >= 15 is 0 Å². The molecule has 15 heavy (non-hydrogen) atoms. The first kappa shape index (κ1) is 11.0. The molecule has 1 unspecified atom stereocenters. The quantitative estimate of drug-likeness (QED) is 0.768. The molecule has 1 N–H and O–H groups in total. The molecule has 1 nitrogen and oxygen atoms in total. The number of hydrogen-bond donors (Lipinski definition) is 1. The van der Waals surface area contributed by atoms with Crippen molar-refractivity contribution in [3.05, 3.63) is 34.3 Å². The topological polar surface area (TPSA) is 12.0 Å². The highest BCUT2D eigenvalue weighted by atomic mass is 35.5. The minimum Gasteiger partial charge on any atom is -0.310 e. The Morgan fingerprint density at radius 1 is 1.47 bits per heavy atom. The van der Waals surface area contributed by atoms with Gasteiger partial charge in [-0.1, -0.05) is 37.1 Å². The van der Waals surface area contributed by atoms with E-state index in [-0.39, 0.29) is 0 Å². The molecule has 1 aliphatic carbocycles. The van der Waals surface area contributed by atoms with Gasteiger partial charge < -0.3 is 5.32 Å². The molecule has 0 aliphatic heterocycles. The normalized spacial score (nSPS) is 19.2. The highest BCUT2D eigenvalue weighted by Gasteiger charge is 2.22. The monoisotopic (exact) mass is 223 g/mol. The Morgan fingerprint density at radius 2 is 2.33 bits per heavy atom. The summed E-state index contributed by atoms with van der Waals surface area (Å²) in [6.45, 7) is 3.34. The van der Waals surface area contributed by atoms with Crippen LogP contribution in [0.4, 0.5) is 0 Å². The maximum absolute atomic E-state index is 6.17. The smallest absolute Gasteiger partial charge is 0.0441 e. The molecule has 2 heteroatoms. The van der Waals surface area contributed by atoms with Gasteiger partial charge in [-0.25, -0.2) is 0 Å². The summed E-state index contributed by atoms with van der Waals surface area (Å²) in [5.41, 5.74) is 2.77. The van der Waals surface area contributed by atoms with Crippen molar-refractivity contribution in [3.8, 4) is 0 Å². The molecule has 0 heterocycles. The van der Waals surface area contributed by atoms with Gasteiger partial charge in [0, 0.05) is 11.1 Å². The highest BCUT2D eigenvalue weighted by molar-refractivity contribution is 6.31. The van der Waals surface area contributed by atoms with Gasteiger partial charge in [-0.05, 0) is 43.0 Å². The summed E-state index contributed by atoms with van der Waals surface area (Å²) >= 11 is 6.17. The Hall–Kier alpha value is -0.530. The lowest BCUT2D eigenvalue weighted by atomic mass is 10.1. The number of benzene rings is 1. The number of halogens is 1. The summed E-state index contributed by atoms with van der Waals surface area (Å²) in [5, 5.41) is 4.54. The van der Waals surface area contributed by atoms with Crippen LogP contribution in [0.3, 0.4) is 0 Å². The second kappa shape index (κ2) is 5.00. The first-order chi connectivity index (χ1) is 7.33. The van der Waals surface area contributed by atoms with E-state index in [1.807, 2.05) is 6.07 Å². The van der Waals surface area contributed by atoms with Gasteiger partial charge in [0.15, 0.2) is 0 Å². The Labute approximate surface area is 96.8 Å². The maximum atomic E-state index is 6.17. The Balaban J connectivity index is 2.05. The summed E-state index contributed by atoms with van der Waals surface area (Å²) in [4.78, 5) is 0. The maximum Gasteiger partial charge on any atom is 0.0441 e. The fourth-order valence-corrected chi connectivity index (χ4v) is 2.55. The van der Waals surface area contributed by atoms with Crippen molar-refractivity contribution in [2.24, 2.45) is 0 Å². The van der Waals surface area contributed by atoms with E-state index in [4.69, 9.17) is 11.6 Å². The van der Waals surface area contributed by atoms with Crippen molar-refractivity contribution >= 4 is 11.6 Å². The van der Waals surface area contributed by atoms with Crippen molar-refractivity contribution in [2.45, 2.75) is 38.6 Å². The molecule has 0 saturated heterocycles. The van der Waals surface area contributed by atoms with Gasteiger partial charge in [-0.2, -0.15) is 0 Å². The molecule has 0 radical (unpaired) electrons. The second-order valence-corrected chi connectivity index (χ2v) is 4.61. The molecule has 0 fully saturated rings. The molecule has 82 valence electrons. The predicted octanol–water partition coefficient (Wildman–Crippen LogP) is 3.72. The number of hydrogen-bond acceptors (Lipinski definition) is 1. The van der Waals surface area contributed by atoms with E-state index in [0.29, 0.717) is 6.04 Å². The summed E-state index contributed by atoms with van der Waals surface area (Å²) in [5.74, 6) is 0. The van der Waals surface area contributed by atoms with Crippen LogP contribution in [-0.2, 0) is 6.42 Å². The van der Waals surface area contributed by atoms with E-state index in [2.05, 4.69) is 24.4 Å². The van der Waals surface area contributed by atoms with Gasteiger partial charge in [-0.3, -0.25) is 0 Å². The third-order valence-electron chi connectivity index (χ3n) is 3.13. The van der Waals surface area contributed by atoms with Crippen LogP contribution in [0.5, 0.6) is 0 Å². The molecule has 0 spiro atoms. The van der Waals surface area contributed by atoms with Crippen LogP contribution in [0.1, 0.15) is 43.4 Å². The van der Waals surface area contributed by atoms with E-state index < -0.39 is 0 Å². The summed E-state index contributed by atoms with van der Waals surface area (Å²) in [6.07, 6.45) is 4.83. The first-order valence-corrected chi connectivity index (χ1v) is 6.21. The Kier molecular flexibility index (Phi) is 3.66. The first-order valence-electron chi connectivity index (χ1n) is 5.83. The van der Waals surface area contributed by atoms with Crippen LogP contribution in [0.25, 0.3) is 0 Å². The lowest BCUT2D eigenvalue weighted by Gasteiger charge is -2.13. The van der Waals surface area contributed by atoms with Gasteiger partial charge in [-0.15, -0.1) is 0 Å². The molecule has 2 rings (SSSR count). The van der Waals surface area contributed by atoms with E-state index in [1.165, 1.54) is 30.4 Å². The van der Waals surface area contributed by atoms with Gasteiger partial charge in [0.2, 0.25) is 0 Å². The fraction of sp³-hybridized carbons (Fsp3) is 0.538. The van der Waals surface area contributed by atoms with Gasteiger partial charge in [0.25, 0.3) is 0 Å². The Bertz CT molecular complexity index is 335.